The van der Waals surface area contributed by atoms with Crippen molar-refractivity contribution in [3.05, 3.63) is 65.6 Å². The first kappa shape index (κ1) is 20.3. The van der Waals surface area contributed by atoms with Gasteiger partial charge < -0.3 is 19.9 Å². The van der Waals surface area contributed by atoms with E-state index in [0.29, 0.717) is 23.2 Å². The van der Waals surface area contributed by atoms with Crippen LogP contribution in [0.5, 0.6) is 5.75 Å². The minimum Gasteiger partial charge on any atom is -0.495 e. The predicted octanol–water partition coefficient (Wildman–Crippen LogP) is 4.77. The SMILES string of the molecule is COc1ccc(NC(C)c2nc(C(C)C)no2)cc1NC(=O)c1cccc(F)c1. The van der Waals surface area contributed by atoms with Crippen LogP contribution >= 0.6 is 0 Å². The van der Waals surface area contributed by atoms with Gasteiger partial charge in [0.2, 0.25) is 5.89 Å². The van der Waals surface area contributed by atoms with Crippen LogP contribution in [-0.4, -0.2) is 23.2 Å². The molecule has 1 unspecified atom stereocenters. The molecule has 1 aromatic heterocycles. The lowest BCUT2D eigenvalue weighted by atomic mass is 10.2. The number of anilines is 2. The Morgan fingerprint density at radius 3 is 2.62 bits per heavy atom. The van der Waals surface area contributed by atoms with Gasteiger partial charge in [-0.15, -0.1) is 0 Å². The van der Waals surface area contributed by atoms with E-state index in [-0.39, 0.29) is 17.5 Å². The Kier molecular flexibility index (Phi) is 6.11. The highest BCUT2D eigenvalue weighted by Crippen LogP contribution is 2.30. The highest BCUT2D eigenvalue weighted by Gasteiger charge is 2.17. The average Bonchev–Trinajstić information content (AvgIpc) is 3.19. The predicted molar refractivity (Wildman–Crippen MR) is 108 cm³/mol. The van der Waals surface area contributed by atoms with Crippen molar-refractivity contribution in [2.45, 2.75) is 32.7 Å². The lowest BCUT2D eigenvalue weighted by Gasteiger charge is -2.15. The maximum Gasteiger partial charge on any atom is 0.255 e. The van der Waals surface area contributed by atoms with Crippen molar-refractivity contribution in [3.8, 4) is 5.75 Å². The van der Waals surface area contributed by atoms with E-state index in [1.807, 2.05) is 26.8 Å². The van der Waals surface area contributed by atoms with Crippen LogP contribution in [0.15, 0.2) is 47.0 Å². The van der Waals surface area contributed by atoms with Crippen LogP contribution in [0.1, 0.15) is 54.8 Å². The van der Waals surface area contributed by atoms with Gasteiger partial charge >= 0.3 is 0 Å². The molecule has 0 aliphatic heterocycles. The molecule has 152 valence electrons. The van der Waals surface area contributed by atoms with Crippen LogP contribution in [0.25, 0.3) is 0 Å². The average molecular weight is 398 g/mol. The standard InChI is InChI=1S/C21H23FN4O3/c1-12(2)19-25-21(29-26-19)13(3)23-16-8-9-18(28-4)17(11-16)24-20(27)14-6-5-7-15(22)10-14/h5-13,23H,1-4H3,(H,24,27). The Labute approximate surface area is 168 Å². The molecule has 2 aromatic carbocycles. The molecule has 0 saturated heterocycles. The number of nitrogens with zero attached hydrogens (tertiary/aromatic N) is 2. The van der Waals surface area contributed by atoms with Crippen LogP contribution < -0.4 is 15.4 Å². The molecule has 0 bridgehead atoms. The summed E-state index contributed by atoms with van der Waals surface area (Å²) in [5.41, 5.74) is 1.38. The number of rotatable bonds is 7. The summed E-state index contributed by atoms with van der Waals surface area (Å²) >= 11 is 0. The smallest absolute Gasteiger partial charge is 0.255 e. The molecule has 3 aromatic rings. The third-order valence-electron chi connectivity index (χ3n) is 4.26. The van der Waals surface area contributed by atoms with Crippen molar-refractivity contribution in [2.75, 3.05) is 17.7 Å². The molecular formula is C21H23FN4O3. The monoisotopic (exact) mass is 398 g/mol. The second-order valence-electron chi connectivity index (χ2n) is 6.89. The zero-order chi connectivity index (χ0) is 21.0. The van der Waals surface area contributed by atoms with Crippen LogP contribution in [0.4, 0.5) is 15.8 Å². The molecule has 1 amide bonds. The molecule has 7 nitrogen and oxygen atoms in total. The summed E-state index contributed by atoms with van der Waals surface area (Å²) in [6.45, 7) is 5.88. The van der Waals surface area contributed by atoms with E-state index < -0.39 is 11.7 Å². The summed E-state index contributed by atoms with van der Waals surface area (Å²) in [4.78, 5) is 16.9. The first-order valence-electron chi connectivity index (χ1n) is 9.22. The quantitative estimate of drug-likeness (QED) is 0.596. The van der Waals surface area contributed by atoms with Gasteiger partial charge in [-0.25, -0.2) is 4.39 Å². The largest absolute Gasteiger partial charge is 0.495 e. The lowest BCUT2D eigenvalue weighted by molar-refractivity contribution is 0.102. The molecule has 0 fully saturated rings. The van der Waals surface area contributed by atoms with Crippen molar-refractivity contribution in [3.63, 3.8) is 0 Å². The lowest BCUT2D eigenvalue weighted by Crippen LogP contribution is -2.13. The maximum atomic E-state index is 13.4. The number of aromatic nitrogens is 2. The Hall–Kier alpha value is -3.42. The molecule has 29 heavy (non-hydrogen) atoms. The van der Waals surface area contributed by atoms with Gasteiger partial charge in [0, 0.05) is 17.2 Å². The highest BCUT2D eigenvalue weighted by atomic mass is 19.1. The molecular weight excluding hydrogens is 375 g/mol. The van der Waals surface area contributed by atoms with E-state index in [0.717, 1.165) is 5.69 Å². The molecule has 0 saturated carbocycles. The fourth-order valence-corrected chi connectivity index (χ4v) is 2.69. The van der Waals surface area contributed by atoms with E-state index in [1.54, 1.807) is 12.1 Å². The number of hydrogen-bond acceptors (Lipinski definition) is 6. The van der Waals surface area contributed by atoms with Crippen molar-refractivity contribution < 1.29 is 18.4 Å². The zero-order valence-corrected chi connectivity index (χ0v) is 16.7. The molecule has 0 radical (unpaired) electrons. The maximum absolute atomic E-state index is 13.4. The molecule has 3 rings (SSSR count). The number of amides is 1. The van der Waals surface area contributed by atoms with Gasteiger partial charge in [0.15, 0.2) is 5.82 Å². The van der Waals surface area contributed by atoms with E-state index in [9.17, 15) is 9.18 Å². The molecule has 1 atom stereocenters. The fraction of sp³-hybridized carbons (Fsp3) is 0.286. The van der Waals surface area contributed by atoms with Crippen LogP contribution in [0.2, 0.25) is 0 Å². The Balaban J connectivity index is 1.78. The topological polar surface area (TPSA) is 89.3 Å². The van der Waals surface area contributed by atoms with Gasteiger partial charge in [0.1, 0.15) is 17.6 Å². The molecule has 8 heteroatoms. The molecule has 1 heterocycles. The summed E-state index contributed by atoms with van der Waals surface area (Å²) in [5, 5.41) is 9.99. The van der Waals surface area contributed by atoms with E-state index in [2.05, 4.69) is 20.8 Å². The number of carbonyl (C=O) groups is 1. The normalized spacial score (nSPS) is 11.9. The highest BCUT2D eigenvalue weighted by molar-refractivity contribution is 6.05. The Morgan fingerprint density at radius 2 is 1.97 bits per heavy atom. The second kappa shape index (κ2) is 8.72. The zero-order valence-electron chi connectivity index (χ0n) is 16.7. The second-order valence-corrected chi connectivity index (χ2v) is 6.89. The number of halogens is 1. The summed E-state index contributed by atoms with van der Waals surface area (Å²) in [7, 11) is 1.51. The minimum atomic E-state index is -0.478. The van der Waals surface area contributed by atoms with Gasteiger partial charge in [-0.3, -0.25) is 4.79 Å². The molecule has 0 aliphatic carbocycles. The number of ether oxygens (including phenoxy) is 1. The Bertz CT molecular complexity index is 1000. The van der Waals surface area contributed by atoms with Crippen LogP contribution in [0.3, 0.4) is 0 Å². The van der Waals surface area contributed by atoms with Crippen molar-refractivity contribution in [2.24, 2.45) is 0 Å². The van der Waals surface area contributed by atoms with E-state index in [4.69, 9.17) is 9.26 Å². The van der Waals surface area contributed by atoms with Gasteiger partial charge in [-0.2, -0.15) is 4.98 Å². The van der Waals surface area contributed by atoms with Crippen molar-refractivity contribution >= 4 is 17.3 Å². The Morgan fingerprint density at radius 1 is 1.17 bits per heavy atom. The summed E-state index contributed by atoms with van der Waals surface area (Å²) in [5.74, 6) is 0.847. The van der Waals surface area contributed by atoms with Gasteiger partial charge in [-0.1, -0.05) is 25.1 Å². The number of methoxy groups -OCH3 is 1. The summed E-state index contributed by atoms with van der Waals surface area (Å²) < 4.78 is 24.0. The van der Waals surface area contributed by atoms with Crippen molar-refractivity contribution in [1.82, 2.24) is 10.1 Å². The first-order valence-corrected chi connectivity index (χ1v) is 9.22. The summed E-state index contributed by atoms with van der Waals surface area (Å²) in [6, 6.07) is 10.5. The molecule has 2 N–H and O–H groups in total. The third-order valence-corrected chi connectivity index (χ3v) is 4.26. The fourth-order valence-electron chi connectivity index (χ4n) is 2.69. The number of hydrogen-bond donors (Lipinski definition) is 2. The summed E-state index contributed by atoms with van der Waals surface area (Å²) in [6.07, 6.45) is 0. The number of carbonyl (C=O) groups excluding carboxylic acids is 1. The van der Waals surface area contributed by atoms with Crippen LogP contribution in [0, 0.1) is 5.82 Å². The van der Waals surface area contributed by atoms with E-state index in [1.165, 1.54) is 31.4 Å². The minimum absolute atomic E-state index is 0.172. The van der Waals surface area contributed by atoms with Gasteiger partial charge in [-0.05, 0) is 43.3 Å². The molecule has 0 spiro atoms. The van der Waals surface area contributed by atoms with Gasteiger partial charge in [0.25, 0.3) is 5.91 Å². The first-order chi connectivity index (χ1) is 13.9. The third kappa shape index (κ3) is 4.90. The number of benzene rings is 2. The molecule has 0 aliphatic rings. The van der Waals surface area contributed by atoms with Crippen LogP contribution in [-0.2, 0) is 0 Å². The van der Waals surface area contributed by atoms with Gasteiger partial charge in [0.05, 0.1) is 12.8 Å². The number of nitrogens with one attached hydrogen (secondary N) is 2. The van der Waals surface area contributed by atoms with Crippen molar-refractivity contribution in [1.29, 1.82) is 0 Å². The van der Waals surface area contributed by atoms with E-state index >= 15 is 0 Å².